The van der Waals surface area contributed by atoms with Crippen LogP contribution in [0.4, 0.5) is 35.9 Å². The predicted molar refractivity (Wildman–Crippen MR) is 154 cm³/mol. The van der Waals surface area contributed by atoms with E-state index in [2.05, 4.69) is 5.32 Å². The van der Waals surface area contributed by atoms with Crippen LogP contribution in [-0.4, -0.2) is 65.9 Å². The van der Waals surface area contributed by atoms with Gasteiger partial charge in [-0.2, -0.15) is 26.3 Å². The Balaban J connectivity index is 1.45. The molecule has 2 saturated heterocycles. The molecular weight excluding hydrogens is 604 g/mol. The number of hydrogen-bond donors (Lipinski definition) is 1. The van der Waals surface area contributed by atoms with E-state index in [1.807, 2.05) is 30.3 Å². The highest BCUT2D eigenvalue weighted by Crippen LogP contribution is 2.39. The van der Waals surface area contributed by atoms with Gasteiger partial charge in [-0.25, -0.2) is 9.59 Å². The SMILES string of the molecule is C[C@@H](O[C@H]1CCN(C(=O)N2CCC(NC(=O)OC(C)(C)C)CC2)C[C@H]1c1ccccc1)c1cc(C(F)(F)F)cc(C(F)(F)F)c1. The average Bonchev–Trinajstić information content (AvgIpc) is 2.95. The number of halogens is 6. The van der Waals surface area contributed by atoms with Crippen molar-refractivity contribution in [3.05, 3.63) is 70.8 Å². The quantitative estimate of drug-likeness (QED) is 0.338. The maximum absolute atomic E-state index is 13.5. The normalized spacial score (nSPS) is 20.9. The molecule has 0 aromatic heterocycles. The summed E-state index contributed by atoms with van der Waals surface area (Å²) < 4.78 is 92.4. The summed E-state index contributed by atoms with van der Waals surface area (Å²) in [6.07, 6.45) is -10.6. The standard InChI is InChI=1S/C32H39F6N3O4/c1-20(22-16-23(31(33,34)35)18-24(17-22)32(36,37)38)44-27-12-15-41(19-26(27)21-8-6-5-7-9-21)29(43)40-13-10-25(11-14-40)39-28(42)45-30(2,3)4/h5-9,16-18,20,25-27H,10-15,19H2,1-4H3,(H,39,42)/t20-,26+,27+/m1/s1. The second-order valence-corrected chi connectivity index (χ2v) is 12.6. The van der Waals surface area contributed by atoms with Crippen LogP contribution in [0.2, 0.25) is 0 Å². The van der Waals surface area contributed by atoms with E-state index >= 15 is 0 Å². The molecule has 0 radical (unpaired) electrons. The highest BCUT2D eigenvalue weighted by Gasteiger charge is 2.39. The zero-order valence-corrected chi connectivity index (χ0v) is 25.7. The van der Waals surface area contributed by atoms with Gasteiger partial charge >= 0.3 is 24.5 Å². The highest BCUT2D eigenvalue weighted by molar-refractivity contribution is 5.75. The van der Waals surface area contributed by atoms with E-state index in [4.69, 9.17) is 9.47 Å². The Morgan fingerprint density at radius 3 is 1.93 bits per heavy atom. The van der Waals surface area contributed by atoms with Gasteiger partial charge < -0.3 is 24.6 Å². The predicted octanol–water partition coefficient (Wildman–Crippen LogP) is 7.77. The van der Waals surface area contributed by atoms with Gasteiger partial charge in [-0.05, 0) is 76.3 Å². The van der Waals surface area contributed by atoms with Gasteiger partial charge in [0.15, 0.2) is 0 Å². The van der Waals surface area contributed by atoms with Crippen LogP contribution in [0.5, 0.6) is 0 Å². The number of carbonyl (C=O) groups is 2. The summed E-state index contributed by atoms with van der Waals surface area (Å²) in [5.41, 5.74) is -2.80. The van der Waals surface area contributed by atoms with Gasteiger partial charge in [-0.1, -0.05) is 30.3 Å². The van der Waals surface area contributed by atoms with Crippen molar-refractivity contribution in [2.45, 2.75) is 89.1 Å². The van der Waals surface area contributed by atoms with Crippen LogP contribution in [0.3, 0.4) is 0 Å². The summed E-state index contributed by atoms with van der Waals surface area (Å²) in [5.74, 6) is -0.370. The van der Waals surface area contributed by atoms with Crippen molar-refractivity contribution in [1.29, 1.82) is 0 Å². The van der Waals surface area contributed by atoms with Crippen LogP contribution < -0.4 is 5.32 Å². The van der Waals surface area contributed by atoms with Gasteiger partial charge in [0, 0.05) is 38.1 Å². The summed E-state index contributed by atoms with van der Waals surface area (Å²) in [4.78, 5) is 29.1. The van der Waals surface area contributed by atoms with E-state index in [0.29, 0.717) is 51.0 Å². The van der Waals surface area contributed by atoms with Gasteiger partial charge in [0.05, 0.1) is 23.3 Å². The van der Waals surface area contributed by atoms with Crippen molar-refractivity contribution in [1.82, 2.24) is 15.1 Å². The Bertz CT molecular complexity index is 1290. The minimum absolute atomic E-state index is 0.101. The lowest BCUT2D eigenvalue weighted by atomic mass is 9.87. The number of urea groups is 1. The van der Waals surface area contributed by atoms with Gasteiger partial charge in [0.25, 0.3) is 0 Å². The number of rotatable bonds is 5. The number of nitrogens with one attached hydrogen (secondary N) is 1. The minimum atomic E-state index is -4.96. The minimum Gasteiger partial charge on any atom is -0.444 e. The zero-order chi connectivity index (χ0) is 33.2. The Kier molecular flexibility index (Phi) is 10.3. The number of nitrogens with zero attached hydrogens (tertiary/aromatic N) is 2. The van der Waals surface area contributed by atoms with Crippen molar-refractivity contribution < 1.29 is 45.4 Å². The van der Waals surface area contributed by atoms with Crippen LogP contribution in [0, 0.1) is 0 Å². The van der Waals surface area contributed by atoms with Gasteiger partial charge in [0.1, 0.15) is 5.60 Å². The van der Waals surface area contributed by atoms with Crippen molar-refractivity contribution in [2.75, 3.05) is 26.2 Å². The molecular formula is C32H39F6N3O4. The Morgan fingerprint density at radius 2 is 1.40 bits per heavy atom. The topological polar surface area (TPSA) is 71.1 Å². The maximum Gasteiger partial charge on any atom is 0.416 e. The largest absolute Gasteiger partial charge is 0.444 e. The van der Waals surface area contributed by atoms with Crippen LogP contribution in [0.25, 0.3) is 0 Å². The number of hydrogen-bond acceptors (Lipinski definition) is 4. The third-order valence-corrected chi connectivity index (χ3v) is 7.99. The molecule has 2 aliphatic heterocycles. The fourth-order valence-electron chi connectivity index (χ4n) is 5.73. The first kappa shape index (κ1) is 34.4. The number of ether oxygens (including phenoxy) is 2. The van der Waals surface area contributed by atoms with E-state index in [1.165, 1.54) is 6.92 Å². The van der Waals surface area contributed by atoms with Crippen LogP contribution in [-0.2, 0) is 21.8 Å². The molecule has 7 nitrogen and oxygen atoms in total. The fraction of sp³-hybridized carbons (Fsp3) is 0.562. The second-order valence-electron chi connectivity index (χ2n) is 12.6. The van der Waals surface area contributed by atoms with Crippen molar-refractivity contribution in [3.8, 4) is 0 Å². The summed E-state index contributed by atoms with van der Waals surface area (Å²) in [6.45, 7) is 8.19. The first-order valence-electron chi connectivity index (χ1n) is 14.9. The molecule has 2 aliphatic rings. The zero-order valence-electron chi connectivity index (χ0n) is 25.7. The monoisotopic (exact) mass is 643 g/mol. The van der Waals surface area contributed by atoms with E-state index in [0.717, 1.165) is 5.56 Å². The maximum atomic E-state index is 13.5. The number of alkyl carbamates (subject to hydrolysis) is 1. The lowest BCUT2D eigenvalue weighted by Gasteiger charge is -2.42. The number of amides is 3. The number of carbonyl (C=O) groups excluding carboxylic acids is 2. The van der Waals surface area contributed by atoms with E-state index in [1.54, 1.807) is 30.6 Å². The average molecular weight is 644 g/mol. The molecule has 0 bridgehead atoms. The lowest BCUT2D eigenvalue weighted by molar-refractivity contribution is -0.143. The number of piperidine rings is 2. The van der Waals surface area contributed by atoms with Gasteiger partial charge in [-0.15, -0.1) is 0 Å². The van der Waals surface area contributed by atoms with E-state index < -0.39 is 47.4 Å². The second kappa shape index (κ2) is 13.5. The molecule has 0 aliphatic carbocycles. The Labute approximate surface area is 258 Å². The molecule has 1 N–H and O–H groups in total. The van der Waals surface area contributed by atoms with Crippen molar-refractivity contribution >= 4 is 12.1 Å². The summed E-state index contributed by atoms with van der Waals surface area (Å²) in [5, 5.41) is 2.85. The number of likely N-dealkylation sites (tertiary alicyclic amines) is 2. The molecule has 13 heteroatoms. The Hall–Kier alpha value is -3.48. The van der Waals surface area contributed by atoms with Crippen LogP contribution in [0.15, 0.2) is 48.5 Å². The Morgan fingerprint density at radius 1 is 0.844 bits per heavy atom. The molecule has 248 valence electrons. The molecule has 0 unspecified atom stereocenters. The van der Waals surface area contributed by atoms with Gasteiger partial charge in [0.2, 0.25) is 0 Å². The summed E-state index contributed by atoms with van der Waals surface area (Å²) >= 11 is 0. The highest BCUT2D eigenvalue weighted by atomic mass is 19.4. The molecule has 0 spiro atoms. The fourth-order valence-corrected chi connectivity index (χ4v) is 5.73. The molecule has 2 aromatic rings. The van der Waals surface area contributed by atoms with Gasteiger partial charge in [-0.3, -0.25) is 0 Å². The molecule has 3 atom stereocenters. The molecule has 45 heavy (non-hydrogen) atoms. The third-order valence-electron chi connectivity index (χ3n) is 7.99. The van der Waals surface area contributed by atoms with E-state index in [-0.39, 0.29) is 36.2 Å². The third kappa shape index (κ3) is 9.27. The van der Waals surface area contributed by atoms with E-state index in [9.17, 15) is 35.9 Å². The summed E-state index contributed by atoms with van der Waals surface area (Å²) in [7, 11) is 0. The first-order chi connectivity index (χ1) is 20.9. The van der Waals surface area contributed by atoms with Crippen LogP contribution >= 0.6 is 0 Å². The molecule has 3 amide bonds. The smallest absolute Gasteiger partial charge is 0.416 e. The number of benzene rings is 2. The molecule has 2 heterocycles. The molecule has 4 rings (SSSR count). The lowest BCUT2D eigenvalue weighted by Crippen LogP contribution is -2.54. The van der Waals surface area contributed by atoms with Crippen LogP contribution in [0.1, 0.15) is 81.2 Å². The van der Waals surface area contributed by atoms with Crippen molar-refractivity contribution in [2.24, 2.45) is 0 Å². The molecule has 0 saturated carbocycles. The number of alkyl halides is 6. The molecule has 2 fully saturated rings. The summed E-state index contributed by atoms with van der Waals surface area (Å²) in [6, 6.07) is 10.4. The first-order valence-corrected chi connectivity index (χ1v) is 14.9. The van der Waals surface area contributed by atoms with Crippen molar-refractivity contribution in [3.63, 3.8) is 0 Å². The molecule has 2 aromatic carbocycles.